The molecule has 1 heterocycles. The van der Waals surface area contributed by atoms with Gasteiger partial charge in [0.15, 0.2) is 5.78 Å². The van der Waals surface area contributed by atoms with Gasteiger partial charge in [-0.3, -0.25) is 19.2 Å². The van der Waals surface area contributed by atoms with Crippen LogP contribution in [0, 0.1) is 0 Å². The summed E-state index contributed by atoms with van der Waals surface area (Å²) in [6.45, 7) is 0.552. The van der Waals surface area contributed by atoms with Gasteiger partial charge in [0.2, 0.25) is 5.91 Å². The first-order valence-corrected chi connectivity index (χ1v) is 9.43. The molecule has 0 bridgehead atoms. The number of carbonyl (C=O) groups excluding carboxylic acids is 4. The van der Waals surface area contributed by atoms with Gasteiger partial charge in [0.25, 0.3) is 5.91 Å². The second-order valence-corrected chi connectivity index (χ2v) is 7.30. The maximum absolute atomic E-state index is 12.8. The van der Waals surface area contributed by atoms with Crippen molar-refractivity contribution >= 4 is 23.4 Å². The Bertz CT molecular complexity index is 1010. The molecule has 1 aliphatic heterocycles. The van der Waals surface area contributed by atoms with E-state index in [1.54, 1.807) is 47.4 Å². The zero-order chi connectivity index (χ0) is 20.5. The highest BCUT2D eigenvalue weighted by Crippen LogP contribution is 2.34. The molecule has 148 valence electrons. The average Bonchev–Trinajstić information content (AvgIpc) is 3.04. The molecule has 2 N–H and O–H groups in total. The Morgan fingerprint density at radius 3 is 2.55 bits per heavy atom. The Morgan fingerprint density at radius 1 is 1.10 bits per heavy atom. The van der Waals surface area contributed by atoms with Gasteiger partial charge in [-0.05, 0) is 36.2 Å². The quantitative estimate of drug-likeness (QED) is 0.784. The lowest BCUT2D eigenvalue weighted by Gasteiger charge is -2.29. The van der Waals surface area contributed by atoms with Gasteiger partial charge in [0.05, 0.1) is 19.0 Å². The highest BCUT2D eigenvalue weighted by Gasteiger charge is 2.39. The molecule has 29 heavy (non-hydrogen) atoms. The number of rotatable bonds is 5. The molecule has 2 aliphatic rings. The van der Waals surface area contributed by atoms with Crippen LogP contribution in [0.5, 0.6) is 5.75 Å². The van der Waals surface area contributed by atoms with Gasteiger partial charge >= 0.3 is 0 Å². The molecule has 2 aromatic rings. The minimum absolute atomic E-state index is 0.0678. The summed E-state index contributed by atoms with van der Waals surface area (Å²) in [6, 6.07) is 11.5. The zero-order valence-corrected chi connectivity index (χ0v) is 15.7. The van der Waals surface area contributed by atoms with E-state index in [0.29, 0.717) is 29.7 Å². The molecule has 7 heteroatoms. The topological polar surface area (TPSA) is 107 Å². The van der Waals surface area contributed by atoms with Gasteiger partial charge in [-0.25, -0.2) is 0 Å². The lowest BCUT2D eigenvalue weighted by Crippen LogP contribution is -2.44. The molecule has 0 spiro atoms. The fourth-order valence-electron chi connectivity index (χ4n) is 3.83. The van der Waals surface area contributed by atoms with Crippen LogP contribution in [0.4, 0.5) is 0 Å². The molecule has 1 atom stereocenters. The SMILES string of the molecule is NC(=O)c1ccc(COc2cccc3c2CN(C2CCC(=O)CC2=O)C3=O)cc1. The van der Waals surface area contributed by atoms with Crippen LogP contribution in [0.25, 0.3) is 0 Å². The third-order valence-corrected chi connectivity index (χ3v) is 5.40. The monoisotopic (exact) mass is 392 g/mol. The predicted molar refractivity (Wildman–Crippen MR) is 103 cm³/mol. The number of ether oxygens (including phenoxy) is 1. The van der Waals surface area contributed by atoms with Crippen molar-refractivity contribution in [3.63, 3.8) is 0 Å². The molecule has 1 aliphatic carbocycles. The summed E-state index contributed by atoms with van der Waals surface area (Å²) in [5, 5.41) is 0. The molecule has 1 unspecified atom stereocenters. The number of carbonyl (C=O) groups is 4. The number of amides is 2. The van der Waals surface area contributed by atoms with Gasteiger partial charge in [-0.1, -0.05) is 18.2 Å². The number of hydrogen-bond acceptors (Lipinski definition) is 5. The van der Waals surface area contributed by atoms with Crippen molar-refractivity contribution in [2.24, 2.45) is 5.73 Å². The first-order chi connectivity index (χ1) is 13.9. The van der Waals surface area contributed by atoms with Crippen molar-refractivity contribution in [3.05, 3.63) is 64.7 Å². The Labute approximate surface area is 167 Å². The van der Waals surface area contributed by atoms with Crippen LogP contribution in [0.1, 0.15) is 51.1 Å². The van der Waals surface area contributed by atoms with Crippen LogP contribution in [0.15, 0.2) is 42.5 Å². The number of Topliss-reactive ketones (excluding diaryl/α,β-unsaturated/α-hetero) is 2. The molecule has 1 saturated carbocycles. The normalized spacial score (nSPS) is 18.7. The van der Waals surface area contributed by atoms with E-state index in [9.17, 15) is 19.2 Å². The summed E-state index contributed by atoms with van der Waals surface area (Å²) in [5.74, 6) is -0.377. The molecule has 2 aromatic carbocycles. The first-order valence-electron chi connectivity index (χ1n) is 9.43. The summed E-state index contributed by atoms with van der Waals surface area (Å²) in [7, 11) is 0. The summed E-state index contributed by atoms with van der Waals surface area (Å²) in [5.41, 5.74) is 7.80. The second-order valence-electron chi connectivity index (χ2n) is 7.30. The van der Waals surface area contributed by atoms with Crippen LogP contribution in [-0.4, -0.2) is 34.3 Å². The number of fused-ring (bicyclic) bond motifs is 1. The Kier molecular flexibility index (Phi) is 4.88. The third kappa shape index (κ3) is 3.63. The summed E-state index contributed by atoms with van der Waals surface area (Å²) >= 11 is 0. The first kappa shape index (κ1) is 18.9. The van der Waals surface area contributed by atoms with Crippen LogP contribution < -0.4 is 10.5 Å². The molecule has 0 radical (unpaired) electrons. The van der Waals surface area contributed by atoms with Crippen LogP contribution in [0.2, 0.25) is 0 Å². The Morgan fingerprint density at radius 2 is 1.86 bits per heavy atom. The molecule has 4 rings (SSSR count). The molecule has 2 amide bonds. The second kappa shape index (κ2) is 7.50. The van der Waals surface area contributed by atoms with Gasteiger partial charge < -0.3 is 15.4 Å². The van der Waals surface area contributed by atoms with Crippen LogP contribution >= 0.6 is 0 Å². The third-order valence-electron chi connectivity index (χ3n) is 5.40. The summed E-state index contributed by atoms with van der Waals surface area (Å²) in [4.78, 5) is 49.3. The van der Waals surface area contributed by atoms with E-state index in [1.165, 1.54) is 0 Å². The highest BCUT2D eigenvalue weighted by atomic mass is 16.5. The minimum Gasteiger partial charge on any atom is -0.489 e. The van der Waals surface area contributed by atoms with Crippen molar-refractivity contribution in [2.75, 3.05) is 0 Å². The number of benzene rings is 2. The van der Waals surface area contributed by atoms with Crippen molar-refractivity contribution in [3.8, 4) is 5.75 Å². The fraction of sp³-hybridized carbons (Fsp3) is 0.273. The van der Waals surface area contributed by atoms with E-state index in [-0.39, 0.29) is 37.0 Å². The Hall–Kier alpha value is -3.48. The van der Waals surface area contributed by atoms with E-state index in [4.69, 9.17) is 10.5 Å². The van der Waals surface area contributed by atoms with E-state index in [1.807, 2.05) is 0 Å². The molecule has 1 fully saturated rings. The van der Waals surface area contributed by atoms with Crippen LogP contribution in [0.3, 0.4) is 0 Å². The predicted octanol–water partition coefficient (Wildman–Crippen LogP) is 2.01. The van der Waals surface area contributed by atoms with Gasteiger partial charge in [-0.15, -0.1) is 0 Å². The van der Waals surface area contributed by atoms with Crippen molar-refractivity contribution in [1.29, 1.82) is 0 Å². The van der Waals surface area contributed by atoms with Gasteiger partial charge in [0.1, 0.15) is 18.1 Å². The number of hydrogen-bond donors (Lipinski definition) is 1. The van der Waals surface area contributed by atoms with Gasteiger partial charge in [-0.2, -0.15) is 0 Å². The van der Waals surface area contributed by atoms with E-state index < -0.39 is 11.9 Å². The average molecular weight is 392 g/mol. The maximum atomic E-state index is 12.8. The minimum atomic E-state index is -0.554. The lowest BCUT2D eigenvalue weighted by molar-refractivity contribution is -0.133. The smallest absolute Gasteiger partial charge is 0.255 e. The molecule has 7 nitrogen and oxygen atoms in total. The van der Waals surface area contributed by atoms with Crippen LogP contribution in [-0.2, 0) is 22.7 Å². The molecule has 0 saturated heterocycles. The van der Waals surface area contributed by atoms with E-state index >= 15 is 0 Å². The number of nitrogens with two attached hydrogens (primary N) is 1. The lowest BCUT2D eigenvalue weighted by atomic mass is 9.92. The molecular formula is C22H20N2O5. The molecule has 0 aromatic heterocycles. The van der Waals surface area contributed by atoms with Crippen molar-refractivity contribution in [1.82, 2.24) is 4.90 Å². The van der Waals surface area contributed by atoms with E-state index in [2.05, 4.69) is 0 Å². The number of primary amides is 1. The zero-order valence-electron chi connectivity index (χ0n) is 15.7. The van der Waals surface area contributed by atoms with E-state index in [0.717, 1.165) is 11.1 Å². The maximum Gasteiger partial charge on any atom is 0.255 e. The van der Waals surface area contributed by atoms with Crippen molar-refractivity contribution < 1.29 is 23.9 Å². The molecular weight excluding hydrogens is 372 g/mol. The Balaban J connectivity index is 1.50. The van der Waals surface area contributed by atoms with Gasteiger partial charge in [0, 0.05) is 23.1 Å². The highest BCUT2D eigenvalue weighted by molar-refractivity contribution is 6.07. The standard InChI is InChI=1S/C22H20N2O5/c23-21(27)14-6-4-13(5-7-14)12-29-20-3-1-2-16-17(20)11-24(22(16)28)18-9-8-15(25)10-19(18)26/h1-7,18H,8-12H2,(H2,23,27). The summed E-state index contributed by atoms with van der Waals surface area (Å²) in [6.07, 6.45) is 0.594. The fourth-order valence-corrected chi connectivity index (χ4v) is 3.83. The van der Waals surface area contributed by atoms with Crippen molar-refractivity contribution in [2.45, 2.75) is 38.5 Å². The number of ketones is 2. The summed E-state index contributed by atoms with van der Waals surface area (Å²) < 4.78 is 5.93. The largest absolute Gasteiger partial charge is 0.489 e. The number of nitrogens with zero attached hydrogens (tertiary/aromatic N) is 1.